The SMILES string of the molecule is CCN(C(=O)CC(=O)NCc1ccc(OC)c(OC)c1)C1CCS(=O)(=O)C1. The van der Waals surface area contributed by atoms with E-state index in [0.29, 0.717) is 24.5 Å². The number of ether oxygens (including phenoxy) is 2. The average molecular weight is 398 g/mol. The van der Waals surface area contributed by atoms with Gasteiger partial charge in [-0.3, -0.25) is 9.59 Å². The largest absolute Gasteiger partial charge is 0.493 e. The molecular formula is C18H26N2O6S. The van der Waals surface area contributed by atoms with Crippen molar-refractivity contribution < 1.29 is 27.5 Å². The smallest absolute Gasteiger partial charge is 0.232 e. The summed E-state index contributed by atoms with van der Waals surface area (Å²) in [5.41, 5.74) is 0.808. The summed E-state index contributed by atoms with van der Waals surface area (Å²) in [4.78, 5) is 26.0. The number of benzene rings is 1. The lowest BCUT2D eigenvalue weighted by Gasteiger charge is -2.26. The van der Waals surface area contributed by atoms with E-state index in [1.165, 1.54) is 12.0 Å². The van der Waals surface area contributed by atoms with Gasteiger partial charge in [0.2, 0.25) is 11.8 Å². The number of carbonyl (C=O) groups is 2. The summed E-state index contributed by atoms with van der Waals surface area (Å²) in [6.45, 7) is 2.41. The molecule has 0 saturated carbocycles. The normalized spacial score (nSPS) is 18.0. The van der Waals surface area contributed by atoms with E-state index in [9.17, 15) is 18.0 Å². The fourth-order valence-electron chi connectivity index (χ4n) is 3.15. The second-order valence-electron chi connectivity index (χ2n) is 6.38. The third-order valence-electron chi connectivity index (χ3n) is 4.56. The number of sulfone groups is 1. The first-order chi connectivity index (χ1) is 12.8. The fraction of sp³-hybridized carbons (Fsp3) is 0.556. The maximum absolute atomic E-state index is 12.4. The summed E-state index contributed by atoms with van der Waals surface area (Å²) in [5, 5.41) is 2.70. The van der Waals surface area contributed by atoms with Crippen molar-refractivity contribution in [2.24, 2.45) is 0 Å². The molecule has 8 nitrogen and oxygen atoms in total. The summed E-state index contributed by atoms with van der Waals surface area (Å²) < 4.78 is 33.6. The van der Waals surface area contributed by atoms with Crippen LogP contribution in [0.15, 0.2) is 18.2 Å². The summed E-state index contributed by atoms with van der Waals surface area (Å²) in [6, 6.07) is 4.95. The number of nitrogens with zero attached hydrogens (tertiary/aromatic N) is 1. The number of hydrogen-bond donors (Lipinski definition) is 1. The van der Waals surface area contributed by atoms with Crippen molar-refractivity contribution in [1.29, 1.82) is 0 Å². The van der Waals surface area contributed by atoms with E-state index < -0.39 is 15.7 Å². The predicted octanol–water partition coefficient (Wildman–Crippen LogP) is 0.746. The van der Waals surface area contributed by atoms with Gasteiger partial charge in [0.25, 0.3) is 0 Å². The van der Waals surface area contributed by atoms with E-state index in [1.54, 1.807) is 32.2 Å². The van der Waals surface area contributed by atoms with Gasteiger partial charge in [0, 0.05) is 19.1 Å². The van der Waals surface area contributed by atoms with Crippen LogP contribution in [0.4, 0.5) is 0 Å². The topological polar surface area (TPSA) is 102 Å². The van der Waals surface area contributed by atoms with Crippen LogP contribution in [0.25, 0.3) is 0 Å². The Hall–Kier alpha value is -2.29. The monoisotopic (exact) mass is 398 g/mol. The molecule has 1 N–H and O–H groups in total. The maximum Gasteiger partial charge on any atom is 0.232 e. The minimum Gasteiger partial charge on any atom is -0.493 e. The van der Waals surface area contributed by atoms with E-state index in [-0.39, 0.29) is 36.4 Å². The van der Waals surface area contributed by atoms with Crippen molar-refractivity contribution in [3.63, 3.8) is 0 Å². The number of rotatable bonds is 8. The molecule has 150 valence electrons. The molecule has 9 heteroatoms. The van der Waals surface area contributed by atoms with Crippen molar-refractivity contribution in [3.05, 3.63) is 23.8 Å². The van der Waals surface area contributed by atoms with Crippen LogP contribution in [0, 0.1) is 0 Å². The van der Waals surface area contributed by atoms with Gasteiger partial charge in [0.1, 0.15) is 6.42 Å². The highest BCUT2D eigenvalue weighted by Gasteiger charge is 2.34. The van der Waals surface area contributed by atoms with Crippen molar-refractivity contribution in [2.75, 3.05) is 32.3 Å². The summed E-state index contributed by atoms with van der Waals surface area (Å²) in [5.74, 6) is 0.443. The molecule has 1 aromatic rings. The molecule has 27 heavy (non-hydrogen) atoms. The molecule has 1 aromatic carbocycles. The molecule has 1 aliphatic heterocycles. The van der Waals surface area contributed by atoms with Crippen molar-refractivity contribution in [1.82, 2.24) is 10.2 Å². The van der Waals surface area contributed by atoms with Gasteiger partial charge in [0.15, 0.2) is 21.3 Å². The van der Waals surface area contributed by atoms with Gasteiger partial charge in [-0.2, -0.15) is 0 Å². The Morgan fingerprint density at radius 3 is 2.48 bits per heavy atom. The number of nitrogens with one attached hydrogen (secondary N) is 1. The van der Waals surface area contributed by atoms with Gasteiger partial charge in [-0.1, -0.05) is 6.07 Å². The lowest BCUT2D eigenvalue weighted by molar-refractivity contribution is -0.137. The van der Waals surface area contributed by atoms with Crippen LogP contribution in [0.1, 0.15) is 25.3 Å². The van der Waals surface area contributed by atoms with Crippen LogP contribution in [0.2, 0.25) is 0 Å². The summed E-state index contributed by atoms with van der Waals surface area (Å²) >= 11 is 0. The molecule has 0 aliphatic carbocycles. The Morgan fingerprint density at radius 2 is 1.93 bits per heavy atom. The van der Waals surface area contributed by atoms with Crippen LogP contribution in [0.3, 0.4) is 0 Å². The van der Waals surface area contributed by atoms with Gasteiger partial charge in [-0.05, 0) is 31.0 Å². The lowest BCUT2D eigenvalue weighted by atomic mass is 10.2. The minimum atomic E-state index is -3.09. The van der Waals surface area contributed by atoms with Gasteiger partial charge in [0.05, 0.1) is 25.7 Å². The highest BCUT2D eigenvalue weighted by atomic mass is 32.2. The zero-order valence-corrected chi connectivity index (χ0v) is 16.7. The lowest BCUT2D eigenvalue weighted by Crippen LogP contribution is -2.43. The van der Waals surface area contributed by atoms with E-state index in [2.05, 4.69) is 5.32 Å². The molecule has 0 bridgehead atoms. The van der Waals surface area contributed by atoms with E-state index in [4.69, 9.17) is 9.47 Å². The summed E-state index contributed by atoms with van der Waals surface area (Å²) in [7, 11) is -0.0169. The Balaban J connectivity index is 1.90. The van der Waals surface area contributed by atoms with Crippen molar-refractivity contribution in [3.8, 4) is 11.5 Å². The zero-order chi connectivity index (χ0) is 20.0. The van der Waals surface area contributed by atoms with E-state index >= 15 is 0 Å². The van der Waals surface area contributed by atoms with Crippen LogP contribution in [-0.2, 0) is 26.0 Å². The number of carbonyl (C=O) groups excluding carboxylic acids is 2. The van der Waals surface area contributed by atoms with Gasteiger partial charge in [-0.15, -0.1) is 0 Å². The third kappa shape index (κ3) is 5.59. The highest BCUT2D eigenvalue weighted by Crippen LogP contribution is 2.27. The van der Waals surface area contributed by atoms with E-state index in [1.807, 2.05) is 0 Å². The Kier molecular flexibility index (Phi) is 7.06. The Bertz CT molecular complexity index is 793. The number of methoxy groups -OCH3 is 2. The first-order valence-electron chi connectivity index (χ1n) is 8.77. The van der Waals surface area contributed by atoms with E-state index in [0.717, 1.165) is 5.56 Å². The molecule has 1 fully saturated rings. The second kappa shape index (κ2) is 9.07. The average Bonchev–Trinajstić information content (AvgIpc) is 2.99. The van der Waals surface area contributed by atoms with Crippen molar-refractivity contribution in [2.45, 2.75) is 32.4 Å². The molecule has 1 unspecified atom stereocenters. The van der Waals surface area contributed by atoms with Crippen LogP contribution in [-0.4, -0.2) is 63.4 Å². The molecule has 0 radical (unpaired) electrons. The fourth-order valence-corrected chi connectivity index (χ4v) is 4.88. The third-order valence-corrected chi connectivity index (χ3v) is 6.31. The minimum absolute atomic E-state index is 0.0279. The Morgan fingerprint density at radius 1 is 1.22 bits per heavy atom. The Labute approximate surface area is 159 Å². The second-order valence-corrected chi connectivity index (χ2v) is 8.61. The van der Waals surface area contributed by atoms with Crippen molar-refractivity contribution >= 4 is 21.7 Å². The van der Waals surface area contributed by atoms with Crippen LogP contribution >= 0.6 is 0 Å². The number of hydrogen-bond acceptors (Lipinski definition) is 6. The van der Waals surface area contributed by atoms with Crippen LogP contribution in [0.5, 0.6) is 11.5 Å². The molecule has 1 atom stereocenters. The van der Waals surface area contributed by atoms with Gasteiger partial charge in [-0.25, -0.2) is 8.42 Å². The molecule has 2 rings (SSSR count). The maximum atomic E-state index is 12.4. The standard InChI is InChI=1S/C18H26N2O6S/c1-4-20(14-7-8-27(23,24)12-14)18(22)10-17(21)19-11-13-5-6-15(25-2)16(9-13)26-3/h5-6,9,14H,4,7-8,10-12H2,1-3H3,(H,19,21). The molecule has 1 heterocycles. The number of amides is 2. The van der Waals surface area contributed by atoms with Crippen LogP contribution < -0.4 is 14.8 Å². The molecule has 1 aliphatic rings. The first kappa shape index (κ1) is 21.0. The molecular weight excluding hydrogens is 372 g/mol. The zero-order valence-electron chi connectivity index (χ0n) is 15.9. The predicted molar refractivity (Wildman–Crippen MR) is 100 cm³/mol. The molecule has 0 aromatic heterocycles. The van der Waals surface area contributed by atoms with Gasteiger partial charge < -0.3 is 19.7 Å². The summed E-state index contributed by atoms with van der Waals surface area (Å²) in [6.07, 6.45) is 0.118. The van der Waals surface area contributed by atoms with Gasteiger partial charge >= 0.3 is 0 Å². The molecule has 2 amide bonds. The molecule has 0 spiro atoms. The first-order valence-corrected chi connectivity index (χ1v) is 10.6. The molecule has 1 saturated heterocycles. The highest BCUT2D eigenvalue weighted by molar-refractivity contribution is 7.91. The quantitative estimate of drug-likeness (QED) is 0.648.